The molecule has 1 aromatic rings. The summed E-state index contributed by atoms with van der Waals surface area (Å²) in [4.78, 5) is 20.9. The Hall–Kier alpha value is 4.94. The SMILES string of the molecule is CC1C(C)C(C)C([Si](C)(C)[N-]C(C)(C)C)C1C.CC1C(C)C(C)C([Si](C)(C)[N-]c2ccccc2)C1C.CCCCC1C(C)C(C)C([Si](C)(C)[N-]C(C)(C)C)C1C.CCCC[N-][Si](C)(C)C1C(C)C(C)C(C)C1C.[CH3-].[CH3-].[CH3-].[CH3-].[Cl][Ti][Cl].[Cl][Ti][Cl].[Cl][Ti][Cl].[Cl][Ti][Cl]. The Kier molecular flexibility index (Phi) is 62.7. The van der Waals surface area contributed by atoms with Gasteiger partial charge in [0, 0.05) is 0 Å². The number of halogens is 8. The molecule has 1 aromatic carbocycles. The number of unbranched alkanes of at least 4 members (excludes halogenated alkanes) is 2. The molecule has 4 nitrogen and oxygen atoms in total. The number of benzene rings is 1. The summed E-state index contributed by atoms with van der Waals surface area (Å²) in [5, 5.41) is 0. The third-order valence-corrected chi connectivity index (χ3v) is 36.9. The Morgan fingerprint density at radius 1 is 0.360 bits per heavy atom. The van der Waals surface area contributed by atoms with Gasteiger partial charge in [-0.3, -0.25) is 0 Å². The molecule has 0 spiro atoms. The molecule has 0 amide bonds. The van der Waals surface area contributed by atoms with Crippen molar-refractivity contribution in [2.45, 2.75) is 277 Å². The molecule has 4 fully saturated rings. The second-order valence-electron chi connectivity index (χ2n) is 30.9. The number of nitrogens with zero attached hydrogens (tertiary/aromatic N) is 4. The van der Waals surface area contributed by atoms with Gasteiger partial charge in [-0.25, -0.2) is 0 Å². The van der Waals surface area contributed by atoms with Gasteiger partial charge in [-0.2, -0.15) is 6.54 Å². The summed E-state index contributed by atoms with van der Waals surface area (Å²) >= 11 is -2.22. The van der Waals surface area contributed by atoms with Crippen molar-refractivity contribution in [3.8, 4) is 0 Å². The van der Waals surface area contributed by atoms with Crippen LogP contribution in [-0.4, -0.2) is 50.6 Å². The summed E-state index contributed by atoms with van der Waals surface area (Å²) in [6.45, 7) is 76.0. The van der Waals surface area contributed by atoms with E-state index < -0.39 is 101 Å². The van der Waals surface area contributed by atoms with Gasteiger partial charge >= 0.3 is 143 Å². The molecule has 0 aromatic heterocycles. The monoisotopic (exact) mass is 1610 g/mol. The van der Waals surface area contributed by atoms with Crippen LogP contribution in [0.2, 0.25) is 74.5 Å². The van der Waals surface area contributed by atoms with Crippen LogP contribution in [0.25, 0.3) is 19.9 Å². The Morgan fingerprint density at radius 2 is 0.607 bits per heavy atom. The van der Waals surface area contributed by atoms with Crippen molar-refractivity contribution in [1.82, 2.24) is 0 Å². The van der Waals surface area contributed by atoms with Gasteiger partial charge in [0.15, 0.2) is 0 Å². The summed E-state index contributed by atoms with van der Waals surface area (Å²) < 4.78 is 0. The molecule has 17 unspecified atom stereocenters. The van der Waals surface area contributed by atoms with E-state index in [1.807, 2.05) is 0 Å². The van der Waals surface area contributed by atoms with Crippen LogP contribution in [0.5, 0.6) is 0 Å². The zero-order valence-corrected chi connectivity index (χ0v) is 80.3. The number of hydrogen-bond donors (Lipinski definition) is 0. The molecule has 534 valence electrons. The molecule has 89 heavy (non-hydrogen) atoms. The molecule has 5 rings (SSSR count). The Morgan fingerprint density at radius 3 is 0.876 bits per heavy atom. The molecule has 0 bridgehead atoms. The van der Waals surface area contributed by atoms with Gasteiger partial charge in [0.1, 0.15) is 0 Å². The topological polar surface area (TPSA) is 56.4 Å². The maximum absolute atomic E-state index is 5.31. The predicted octanol–water partition coefficient (Wildman–Crippen LogP) is 30.2. The van der Waals surface area contributed by atoms with Gasteiger partial charge in [-0.05, 0) is 109 Å². The number of rotatable bonds is 15. The van der Waals surface area contributed by atoms with Crippen molar-refractivity contribution in [1.29, 1.82) is 0 Å². The van der Waals surface area contributed by atoms with Gasteiger partial charge in [-0.1, -0.05) is 315 Å². The van der Waals surface area contributed by atoms with Crippen molar-refractivity contribution in [2.24, 2.45) is 94.7 Å². The molecular weight excluding hydrogens is 1470 g/mol. The minimum absolute atomic E-state index is 0. The number of hydrogen-bond acceptors (Lipinski definition) is 0. The molecule has 4 aliphatic carbocycles. The summed E-state index contributed by atoms with van der Waals surface area (Å²) in [5.41, 5.74) is 4.84. The van der Waals surface area contributed by atoms with E-state index in [1.54, 1.807) is 0 Å². The molecule has 17 atom stereocenters. The van der Waals surface area contributed by atoms with Crippen LogP contribution in [0.3, 0.4) is 0 Å². The van der Waals surface area contributed by atoms with E-state index in [9.17, 15) is 0 Å². The van der Waals surface area contributed by atoms with E-state index in [4.69, 9.17) is 94.4 Å². The molecule has 0 heterocycles. The van der Waals surface area contributed by atoms with Crippen LogP contribution in [0, 0.1) is 124 Å². The van der Waals surface area contributed by atoms with Crippen molar-refractivity contribution >= 4 is 113 Å². The van der Waals surface area contributed by atoms with E-state index in [1.165, 1.54) is 37.8 Å². The first-order valence-corrected chi connectivity index (χ1v) is 61.9. The average molecular weight is 1620 g/mol. The van der Waals surface area contributed by atoms with Crippen LogP contribution in [0.4, 0.5) is 5.69 Å². The summed E-state index contributed by atoms with van der Waals surface area (Å²) in [6, 6.07) is 10.5. The van der Waals surface area contributed by atoms with E-state index >= 15 is 0 Å². The normalized spacial score (nSPS) is 31.1. The second-order valence-corrected chi connectivity index (χ2v) is 58.1. The van der Waals surface area contributed by atoms with Gasteiger partial charge in [-0.15, -0.1) is 16.8 Å². The first-order chi connectivity index (χ1) is 38.8. The van der Waals surface area contributed by atoms with Gasteiger partial charge in [0.05, 0.1) is 0 Å². The van der Waals surface area contributed by atoms with Crippen LogP contribution in [0.15, 0.2) is 30.3 Å². The third-order valence-electron chi connectivity index (χ3n) is 21.8. The summed E-state index contributed by atoms with van der Waals surface area (Å²) in [6.07, 6.45) is 6.71. The molecule has 4 saturated carbocycles. The zero-order chi connectivity index (χ0) is 67.6. The van der Waals surface area contributed by atoms with Crippen LogP contribution in [-0.2, 0) is 68.1 Å². The van der Waals surface area contributed by atoms with Crippen molar-refractivity contribution < 1.29 is 68.1 Å². The third kappa shape index (κ3) is 37.1. The molecule has 0 N–H and O–H groups in total. The first kappa shape index (κ1) is 107. The van der Waals surface area contributed by atoms with E-state index in [2.05, 4.69) is 242 Å². The van der Waals surface area contributed by atoms with Crippen LogP contribution >= 0.6 is 74.4 Å². The quantitative estimate of drug-likeness (QED) is 0.0955. The summed E-state index contributed by atoms with van der Waals surface area (Å²) in [7, 11) is 33.1. The average Bonchev–Trinajstić information content (AvgIpc) is 1.73. The molecule has 0 radical (unpaired) electrons. The van der Waals surface area contributed by atoms with Gasteiger partial charge in [0.2, 0.25) is 0 Å². The second kappa shape index (κ2) is 52.0. The van der Waals surface area contributed by atoms with Gasteiger partial charge in [0.25, 0.3) is 0 Å². The fraction of sp³-hybridized carbons (Fsp3) is 0.855. The first-order valence-electron chi connectivity index (χ1n) is 32.6. The van der Waals surface area contributed by atoms with Crippen molar-refractivity contribution in [3.63, 3.8) is 0 Å². The summed E-state index contributed by atoms with van der Waals surface area (Å²) in [5.74, 6) is 13.7. The Labute approximate surface area is 631 Å². The van der Waals surface area contributed by atoms with Crippen molar-refractivity contribution in [2.75, 3.05) is 6.54 Å². The molecule has 0 saturated heterocycles. The molecule has 4 aliphatic rings. The predicted molar refractivity (Wildman–Crippen MR) is 417 cm³/mol. The van der Waals surface area contributed by atoms with Gasteiger partial charge < -0.3 is 49.6 Å². The van der Waals surface area contributed by atoms with E-state index in [-0.39, 0.29) is 40.8 Å². The minimum atomic E-state index is -1.60. The Bertz CT molecular complexity index is 1800. The molecule has 0 aliphatic heterocycles. The molecular formula is C69H142Cl8N4Si4Ti4-8. The van der Waals surface area contributed by atoms with E-state index in [0.717, 1.165) is 123 Å². The standard InChI is InChI=1S/C18H38NSi.C17H28NSi.2C15H32NSi.4CH3.8ClH.4Ti/c1-10-11-12-16-13(2)14(3)17(15(16)4)20(8,9)19-18(5,6)7;1-12-13(2)15(4)17(14(12)3)19(5,6)18-16-10-8-7-9-11-16;1-10-11(2)13(4)14(12(10)3)17(8,9)16-15(5,6)7;1-8-9-10-16-17(6,7)15-13(4)11(2)12(3)14(15)5;;;;;;;;;;;;;;;;/h13-17H,10-12H2,1-9H3;7-15,17H,1-6H3;10-14H,1-9H3;11-15H,8-10H2,1-7H3;4*1H3;8*1H;;;;/q8*-1;;;;;;;;;4*+2/p-8. The Balaban J connectivity index is -0.000000187. The van der Waals surface area contributed by atoms with E-state index in [0.29, 0.717) is 0 Å². The van der Waals surface area contributed by atoms with Crippen LogP contribution in [0.1, 0.15) is 191 Å². The fourth-order valence-corrected chi connectivity index (χ4v) is 36.1. The fourth-order valence-electron chi connectivity index (χ4n) is 17.7. The zero-order valence-electron chi connectivity index (χ0n) is 64.0. The van der Waals surface area contributed by atoms with Crippen molar-refractivity contribution in [3.05, 3.63) is 80.0 Å². The van der Waals surface area contributed by atoms with Crippen LogP contribution < -0.4 is 0 Å². The maximum atomic E-state index is 5.31. The molecule has 20 heteroatoms.